The molecule has 0 radical (unpaired) electrons. The van der Waals surface area contributed by atoms with Crippen LogP contribution in [0.3, 0.4) is 0 Å². The van der Waals surface area contributed by atoms with Crippen molar-refractivity contribution in [2.24, 2.45) is 0 Å². The van der Waals surface area contributed by atoms with E-state index in [1.54, 1.807) is 6.07 Å². The number of amides is 2. The van der Waals surface area contributed by atoms with E-state index in [1.165, 1.54) is 9.52 Å². The SMILES string of the molecule is C#CCN1C(=O)CC(=O)N1c1nc2ccccc2n2nnnc12. The van der Waals surface area contributed by atoms with Crippen LogP contribution >= 0.6 is 0 Å². The Bertz CT molecular complexity index is 1000. The van der Waals surface area contributed by atoms with Crippen molar-refractivity contribution in [2.75, 3.05) is 11.6 Å². The third kappa shape index (κ3) is 1.82. The van der Waals surface area contributed by atoms with Crippen molar-refractivity contribution < 1.29 is 9.59 Å². The number of aromatic nitrogens is 5. The Hall–Kier alpha value is -3.54. The van der Waals surface area contributed by atoms with Gasteiger partial charge in [0.15, 0.2) is 0 Å². The Labute approximate surface area is 129 Å². The monoisotopic (exact) mass is 307 g/mol. The third-order valence-corrected chi connectivity index (χ3v) is 3.52. The van der Waals surface area contributed by atoms with Crippen LogP contribution in [0.25, 0.3) is 16.7 Å². The number of anilines is 1. The Morgan fingerprint density at radius 1 is 1.22 bits per heavy atom. The van der Waals surface area contributed by atoms with Crippen molar-refractivity contribution in [2.45, 2.75) is 6.42 Å². The second-order valence-electron chi connectivity index (χ2n) is 4.88. The minimum atomic E-state index is -0.419. The van der Waals surface area contributed by atoms with Crippen molar-refractivity contribution in [3.63, 3.8) is 0 Å². The number of benzene rings is 1. The number of fused-ring (bicyclic) bond motifs is 3. The van der Waals surface area contributed by atoms with Gasteiger partial charge in [0, 0.05) is 0 Å². The number of tetrazole rings is 1. The summed E-state index contributed by atoms with van der Waals surface area (Å²) in [6.45, 7) is -0.0349. The lowest BCUT2D eigenvalue weighted by molar-refractivity contribution is -0.127. The van der Waals surface area contributed by atoms with E-state index in [9.17, 15) is 9.59 Å². The molecule has 2 amide bonds. The summed E-state index contributed by atoms with van der Waals surface area (Å²) in [6.07, 6.45) is 5.03. The lowest BCUT2D eigenvalue weighted by Crippen LogP contribution is -2.42. The first-order chi connectivity index (χ1) is 11.2. The molecule has 0 unspecified atom stereocenters. The van der Waals surface area contributed by atoms with Crippen LogP contribution in [0.15, 0.2) is 24.3 Å². The van der Waals surface area contributed by atoms with Gasteiger partial charge in [-0.05, 0) is 22.6 Å². The number of nitrogens with zero attached hydrogens (tertiary/aromatic N) is 7. The van der Waals surface area contributed by atoms with Crippen LogP contribution in [-0.4, -0.2) is 48.4 Å². The highest BCUT2D eigenvalue weighted by atomic mass is 16.2. The van der Waals surface area contributed by atoms with E-state index < -0.39 is 5.91 Å². The molecule has 0 N–H and O–H groups in total. The molecule has 23 heavy (non-hydrogen) atoms. The maximum Gasteiger partial charge on any atom is 0.256 e. The third-order valence-electron chi connectivity index (χ3n) is 3.52. The molecule has 0 saturated carbocycles. The van der Waals surface area contributed by atoms with Crippen molar-refractivity contribution >= 4 is 34.3 Å². The summed E-state index contributed by atoms with van der Waals surface area (Å²) >= 11 is 0. The van der Waals surface area contributed by atoms with E-state index in [-0.39, 0.29) is 30.3 Å². The van der Waals surface area contributed by atoms with Gasteiger partial charge in [-0.1, -0.05) is 18.1 Å². The Balaban J connectivity index is 2.00. The summed E-state index contributed by atoms with van der Waals surface area (Å²) in [5.74, 6) is 1.75. The first kappa shape index (κ1) is 13.1. The number of hydrogen-bond donors (Lipinski definition) is 0. The van der Waals surface area contributed by atoms with E-state index in [1.807, 2.05) is 18.2 Å². The Morgan fingerprint density at radius 2 is 2.04 bits per heavy atom. The van der Waals surface area contributed by atoms with Gasteiger partial charge in [0.2, 0.25) is 11.5 Å². The molecule has 1 fully saturated rings. The minimum absolute atomic E-state index is 0.0349. The van der Waals surface area contributed by atoms with E-state index in [0.29, 0.717) is 11.0 Å². The number of hydrazine groups is 1. The molecule has 2 aromatic heterocycles. The van der Waals surface area contributed by atoms with Gasteiger partial charge in [-0.25, -0.2) is 9.99 Å². The second-order valence-corrected chi connectivity index (χ2v) is 4.88. The van der Waals surface area contributed by atoms with Gasteiger partial charge < -0.3 is 0 Å². The number of hydrogen-bond acceptors (Lipinski definition) is 6. The quantitative estimate of drug-likeness (QED) is 0.480. The minimum Gasteiger partial charge on any atom is -0.272 e. The highest BCUT2D eigenvalue weighted by Crippen LogP contribution is 2.27. The number of terminal acetylenes is 1. The molecular formula is C14H9N7O2. The number of para-hydroxylation sites is 2. The largest absolute Gasteiger partial charge is 0.272 e. The highest BCUT2D eigenvalue weighted by Gasteiger charge is 2.39. The van der Waals surface area contributed by atoms with Crippen molar-refractivity contribution in [1.82, 2.24) is 30.0 Å². The van der Waals surface area contributed by atoms with Crippen molar-refractivity contribution in [3.05, 3.63) is 24.3 Å². The van der Waals surface area contributed by atoms with Crippen LogP contribution in [0, 0.1) is 12.3 Å². The zero-order valence-electron chi connectivity index (χ0n) is 11.7. The zero-order valence-corrected chi connectivity index (χ0v) is 11.7. The summed E-state index contributed by atoms with van der Waals surface area (Å²) in [5, 5.41) is 13.8. The van der Waals surface area contributed by atoms with Crippen LogP contribution in [0.5, 0.6) is 0 Å². The molecule has 1 aromatic carbocycles. The smallest absolute Gasteiger partial charge is 0.256 e. The van der Waals surface area contributed by atoms with Crippen molar-refractivity contribution in [3.8, 4) is 12.3 Å². The lowest BCUT2D eigenvalue weighted by Gasteiger charge is -2.25. The standard InChI is InChI=1S/C14H9N7O2/c1-2-7-19-11(22)8-12(23)21(19)13-14-16-17-18-20(14)10-6-4-3-5-9(10)15-13/h1,3-6H,7-8H2. The molecule has 0 aliphatic carbocycles. The van der Waals surface area contributed by atoms with E-state index >= 15 is 0 Å². The van der Waals surface area contributed by atoms with Crippen LogP contribution in [0.4, 0.5) is 5.82 Å². The summed E-state index contributed by atoms with van der Waals surface area (Å²) in [4.78, 5) is 28.7. The predicted octanol–water partition coefficient (Wildman–Crippen LogP) is -0.214. The lowest BCUT2D eigenvalue weighted by atomic mass is 10.3. The fourth-order valence-corrected chi connectivity index (χ4v) is 2.55. The first-order valence-corrected chi connectivity index (χ1v) is 6.74. The average molecular weight is 307 g/mol. The highest BCUT2D eigenvalue weighted by molar-refractivity contribution is 6.13. The molecule has 0 spiro atoms. The van der Waals surface area contributed by atoms with E-state index in [0.717, 1.165) is 5.01 Å². The average Bonchev–Trinajstić information content (AvgIpc) is 3.13. The van der Waals surface area contributed by atoms with Crippen molar-refractivity contribution in [1.29, 1.82) is 0 Å². The van der Waals surface area contributed by atoms with Crippen LogP contribution in [0.2, 0.25) is 0 Å². The summed E-state index contributed by atoms with van der Waals surface area (Å²) < 4.78 is 1.47. The molecule has 9 nitrogen and oxygen atoms in total. The summed E-state index contributed by atoms with van der Waals surface area (Å²) in [5.41, 5.74) is 1.56. The van der Waals surface area contributed by atoms with E-state index in [2.05, 4.69) is 26.4 Å². The van der Waals surface area contributed by atoms with Crippen LogP contribution < -0.4 is 5.01 Å². The van der Waals surface area contributed by atoms with Gasteiger partial charge in [-0.15, -0.1) is 11.5 Å². The molecule has 3 heterocycles. The topological polar surface area (TPSA) is 96.6 Å². The van der Waals surface area contributed by atoms with Gasteiger partial charge in [-0.3, -0.25) is 9.59 Å². The normalized spacial score (nSPS) is 14.9. The number of carbonyl (C=O) groups is 2. The molecule has 9 heteroatoms. The first-order valence-electron chi connectivity index (χ1n) is 6.74. The molecule has 1 saturated heterocycles. The predicted molar refractivity (Wildman–Crippen MR) is 78.7 cm³/mol. The molecule has 0 bridgehead atoms. The molecule has 112 valence electrons. The maximum atomic E-state index is 12.2. The van der Waals surface area contributed by atoms with Gasteiger partial charge in [0.25, 0.3) is 11.8 Å². The molecule has 1 aliphatic heterocycles. The molecular weight excluding hydrogens is 298 g/mol. The van der Waals surface area contributed by atoms with Crippen LogP contribution in [0.1, 0.15) is 6.42 Å². The second kappa shape index (κ2) is 4.74. The fourth-order valence-electron chi connectivity index (χ4n) is 2.55. The summed E-state index contributed by atoms with van der Waals surface area (Å²) in [7, 11) is 0. The van der Waals surface area contributed by atoms with E-state index in [4.69, 9.17) is 6.42 Å². The Kier molecular flexibility index (Phi) is 2.71. The number of rotatable bonds is 2. The maximum absolute atomic E-state index is 12.2. The number of carbonyl (C=O) groups excluding carboxylic acids is 2. The molecule has 4 rings (SSSR count). The van der Waals surface area contributed by atoms with Gasteiger partial charge in [-0.2, -0.15) is 9.52 Å². The Morgan fingerprint density at radius 3 is 2.87 bits per heavy atom. The molecule has 0 atom stereocenters. The molecule has 3 aromatic rings. The molecule has 1 aliphatic rings. The van der Waals surface area contributed by atoms with Gasteiger partial charge >= 0.3 is 0 Å². The van der Waals surface area contributed by atoms with Gasteiger partial charge in [0.1, 0.15) is 13.0 Å². The summed E-state index contributed by atoms with van der Waals surface area (Å²) in [6, 6.07) is 7.23. The van der Waals surface area contributed by atoms with Gasteiger partial charge in [0.05, 0.1) is 11.0 Å². The van der Waals surface area contributed by atoms with Crippen LogP contribution in [-0.2, 0) is 9.59 Å². The fraction of sp³-hybridized carbons (Fsp3) is 0.143. The zero-order chi connectivity index (χ0) is 16.0.